The van der Waals surface area contributed by atoms with Crippen LogP contribution >= 0.6 is 0 Å². The molecule has 4 aromatic heterocycles. The normalized spacial score (nSPS) is 12.2. The summed E-state index contributed by atoms with van der Waals surface area (Å²) in [6.07, 6.45) is 8.49. The third-order valence-corrected chi connectivity index (χ3v) is 10.1. The second-order valence-electron chi connectivity index (χ2n) is 13.8. The summed E-state index contributed by atoms with van der Waals surface area (Å²) in [4.78, 5) is 18.4. The van der Waals surface area contributed by atoms with Gasteiger partial charge in [-0.05, 0) is 99.9 Å². The molecule has 6 heterocycles. The highest BCUT2D eigenvalue weighted by Gasteiger charge is 2.22. The van der Waals surface area contributed by atoms with Crippen LogP contribution in [-0.4, -0.2) is 25.1 Å². The third-order valence-electron chi connectivity index (χ3n) is 10.1. The molecule has 0 fully saturated rings. The Morgan fingerprint density at radius 2 is 0.712 bits per heavy atom. The van der Waals surface area contributed by atoms with Crippen molar-refractivity contribution in [3.05, 3.63) is 148 Å². The van der Waals surface area contributed by atoms with E-state index in [1.54, 1.807) is 0 Å². The van der Waals surface area contributed by atoms with Crippen LogP contribution in [0.3, 0.4) is 0 Å². The van der Waals surface area contributed by atoms with E-state index in [0.29, 0.717) is 0 Å². The van der Waals surface area contributed by atoms with Crippen LogP contribution < -0.4 is 0 Å². The van der Waals surface area contributed by atoms with Crippen LogP contribution in [0, 0.1) is 34.6 Å². The number of fused-ring (bicyclic) bond motifs is 8. The second kappa shape index (κ2) is 12.4. The zero-order valence-electron chi connectivity index (χ0n) is 29.8. The van der Waals surface area contributed by atoms with Crippen molar-refractivity contribution >= 4 is 46.4 Å². The number of H-pyrrole nitrogens is 2. The van der Waals surface area contributed by atoms with Crippen molar-refractivity contribution in [1.29, 1.82) is 0 Å². The maximum absolute atomic E-state index is 5.74. The number of aryl methyl sites for hydroxylation is 5. The fraction of sp³-hybridized carbons (Fsp3) is 0.109. The van der Waals surface area contributed by atoms with Gasteiger partial charge in [0, 0.05) is 44.3 Å². The van der Waals surface area contributed by atoms with E-state index in [9.17, 15) is 0 Å². The van der Waals surface area contributed by atoms with Crippen LogP contribution in [-0.2, 0) is 0 Å². The molecule has 252 valence electrons. The zero-order valence-corrected chi connectivity index (χ0v) is 29.8. The Kier molecular flexibility index (Phi) is 7.47. The Balaban J connectivity index is 1.48. The van der Waals surface area contributed by atoms with Crippen molar-refractivity contribution in [2.24, 2.45) is 0 Å². The molecule has 0 saturated carbocycles. The molecule has 2 N–H and O–H groups in total. The van der Waals surface area contributed by atoms with Gasteiger partial charge in [-0.3, -0.25) is 0 Å². The molecule has 0 unspecified atom stereocenters. The van der Waals surface area contributed by atoms with Gasteiger partial charge in [-0.1, -0.05) is 94.6 Å². The van der Waals surface area contributed by atoms with Crippen molar-refractivity contribution in [3.63, 3.8) is 0 Å². The maximum Gasteiger partial charge on any atom is 0.141 e. The Bertz CT molecular complexity index is 2690. The summed E-state index contributed by atoms with van der Waals surface area (Å²) in [5.74, 6) is 0.739. The molecular formula is C46H37N5O. The van der Waals surface area contributed by atoms with Crippen LogP contribution in [0.4, 0.5) is 0 Å². The van der Waals surface area contributed by atoms with E-state index in [0.717, 1.165) is 101 Å². The molecule has 0 aliphatic carbocycles. The third kappa shape index (κ3) is 5.40. The smallest absolute Gasteiger partial charge is 0.141 e. The quantitative estimate of drug-likeness (QED) is 0.194. The number of rotatable bonds is 4. The van der Waals surface area contributed by atoms with Crippen molar-refractivity contribution in [1.82, 2.24) is 25.1 Å². The first-order chi connectivity index (χ1) is 25.3. The van der Waals surface area contributed by atoms with Gasteiger partial charge in [0.05, 0.1) is 34.0 Å². The predicted octanol–water partition coefficient (Wildman–Crippen LogP) is 11.9. The molecule has 0 spiro atoms. The van der Waals surface area contributed by atoms with Crippen LogP contribution in [0.25, 0.3) is 90.9 Å². The van der Waals surface area contributed by atoms with Gasteiger partial charge < -0.3 is 14.5 Å². The van der Waals surface area contributed by atoms with Crippen LogP contribution in [0.2, 0.25) is 0 Å². The highest BCUT2D eigenvalue weighted by molar-refractivity contribution is 6.00. The lowest BCUT2D eigenvalue weighted by atomic mass is 10.0. The number of nitrogens with one attached hydrogen (secondary N) is 2. The Labute approximate surface area is 302 Å². The topological polar surface area (TPSA) is 83.4 Å². The van der Waals surface area contributed by atoms with Gasteiger partial charge >= 0.3 is 0 Å². The van der Waals surface area contributed by atoms with E-state index in [-0.39, 0.29) is 0 Å². The van der Waals surface area contributed by atoms with E-state index < -0.39 is 0 Å². The lowest BCUT2D eigenvalue weighted by molar-refractivity contribution is 0.393. The first-order valence-corrected chi connectivity index (χ1v) is 17.6. The van der Waals surface area contributed by atoms with E-state index in [1.807, 2.05) is 13.8 Å². The van der Waals surface area contributed by atoms with Crippen molar-refractivity contribution in [2.45, 2.75) is 34.6 Å². The largest absolute Gasteiger partial charge is 0.361 e. The van der Waals surface area contributed by atoms with Gasteiger partial charge in [0.1, 0.15) is 5.76 Å². The molecular weight excluding hydrogens is 639 g/mol. The molecule has 0 atom stereocenters. The molecule has 8 bridgehead atoms. The Morgan fingerprint density at radius 3 is 1.04 bits per heavy atom. The average Bonchev–Trinajstić information content (AvgIpc) is 4.00. The molecule has 2 aliphatic rings. The fourth-order valence-electron chi connectivity index (χ4n) is 7.38. The Hall–Kier alpha value is -6.53. The predicted molar refractivity (Wildman–Crippen MR) is 214 cm³/mol. The minimum absolute atomic E-state index is 0.739. The summed E-state index contributed by atoms with van der Waals surface area (Å²) in [6, 6.07) is 34.6. The molecule has 0 saturated heterocycles. The lowest BCUT2D eigenvalue weighted by Crippen LogP contribution is -1.91. The SMILES string of the molecule is Cc1ccc(-c2c3nc(c(-c4ccc(C)cc4)c4ccc([nH]4)c(-c4c(C)noc4C)c4nc(c(-c5ccc(C)cc5)c5ccc2[nH]5)C=C4)C=C3)cc1. The molecule has 2 aliphatic heterocycles. The number of nitrogens with zero attached hydrogens (tertiary/aromatic N) is 3. The van der Waals surface area contributed by atoms with Crippen molar-refractivity contribution < 1.29 is 4.52 Å². The highest BCUT2D eigenvalue weighted by Crippen LogP contribution is 2.39. The number of aromatic amines is 2. The molecule has 9 rings (SSSR count). The van der Waals surface area contributed by atoms with E-state index in [4.69, 9.17) is 14.5 Å². The molecule has 3 aromatic carbocycles. The molecule has 6 heteroatoms. The molecule has 6 nitrogen and oxygen atoms in total. The molecule has 7 aromatic rings. The van der Waals surface area contributed by atoms with Crippen LogP contribution in [0.5, 0.6) is 0 Å². The van der Waals surface area contributed by atoms with Gasteiger partial charge in [-0.15, -0.1) is 0 Å². The summed E-state index contributed by atoms with van der Waals surface area (Å²) < 4.78 is 5.74. The summed E-state index contributed by atoms with van der Waals surface area (Å²) in [5.41, 5.74) is 19.9. The summed E-state index contributed by atoms with van der Waals surface area (Å²) in [5, 5.41) is 4.35. The first-order valence-electron chi connectivity index (χ1n) is 17.6. The van der Waals surface area contributed by atoms with Gasteiger partial charge in [0.2, 0.25) is 0 Å². The van der Waals surface area contributed by atoms with Crippen LogP contribution in [0.15, 0.2) is 102 Å². The monoisotopic (exact) mass is 675 g/mol. The summed E-state index contributed by atoms with van der Waals surface area (Å²) >= 11 is 0. The van der Waals surface area contributed by atoms with Crippen molar-refractivity contribution in [2.75, 3.05) is 0 Å². The molecule has 0 amide bonds. The minimum Gasteiger partial charge on any atom is -0.361 e. The lowest BCUT2D eigenvalue weighted by Gasteiger charge is -2.07. The fourth-order valence-corrected chi connectivity index (χ4v) is 7.38. The number of hydrogen-bond acceptors (Lipinski definition) is 4. The minimum atomic E-state index is 0.739. The molecule has 0 radical (unpaired) electrons. The summed E-state index contributed by atoms with van der Waals surface area (Å²) in [7, 11) is 0. The average molecular weight is 676 g/mol. The van der Waals surface area contributed by atoms with Gasteiger partial charge in [0.25, 0.3) is 0 Å². The molecule has 52 heavy (non-hydrogen) atoms. The number of benzene rings is 3. The Morgan fingerprint density at radius 1 is 0.385 bits per heavy atom. The first kappa shape index (κ1) is 31.5. The summed E-state index contributed by atoms with van der Waals surface area (Å²) in [6.45, 7) is 10.3. The van der Waals surface area contributed by atoms with Crippen LogP contribution in [0.1, 0.15) is 50.9 Å². The zero-order chi connectivity index (χ0) is 35.5. The highest BCUT2D eigenvalue weighted by atomic mass is 16.5. The van der Waals surface area contributed by atoms with Crippen molar-refractivity contribution in [3.8, 4) is 44.5 Å². The number of aromatic nitrogens is 5. The van der Waals surface area contributed by atoms with Gasteiger partial charge in [-0.2, -0.15) is 0 Å². The second-order valence-corrected chi connectivity index (χ2v) is 13.8. The van der Waals surface area contributed by atoms with E-state index in [1.165, 1.54) is 16.7 Å². The van der Waals surface area contributed by atoms with E-state index in [2.05, 4.69) is 157 Å². The van der Waals surface area contributed by atoms with E-state index >= 15 is 0 Å². The van der Waals surface area contributed by atoms with Gasteiger partial charge in [0.15, 0.2) is 0 Å². The van der Waals surface area contributed by atoms with Gasteiger partial charge in [-0.25, -0.2) is 9.97 Å². The standard InChI is InChI=1S/C46H37N5O/c1-26-6-12-31(13-7-26)43-34-18-20-36(47-34)44(32-14-8-27(2)9-15-32)38-22-24-40(49-38)46(42-29(4)51-52-30(42)5)41-25-23-39(50-41)45(37-21-19-35(43)48-37)33-16-10-28(3)11-17-33/h6-25,47,50H,1-5H3. The number of hydrogen-bond donors (Lipinski definition) is 2. The maximum atomic E-state index is 5.74.